The maximum Gasteiger partial charge on any atom is 0.0723 e. The van der Waals surface area contributed by atoms with Gasteiger partial charge in [-0.05, 0) is 24.3 Å². The first kappa shape index (κ1) is 10.6. The number of nitrogens with zero attached hydrogens (tertiary/aromatic N) is 2. The molecule has 4 heteroatoms. The van der Waals surface area contributed by atoms with Crippen LogP contribution < -0.4 is 5.73 Å². The predicted molar refractivity (Wildman–Crippen MR) is 57.6 cm³/mol. The van der Waals surface area contributed by atoms with Crippen molar-refractivity contribution in [2.75, 3.05) is 12.3 Å². The largest absolute Gasteiger partial charge is 0.330 e. The van der Waals surface area contributed by atoms with Gasteiger partial charge in [0.25, 0.3) is 0 Å². The number of hydrogen-bond donors (Lipinski definition) is 1. The fraction of sp³-hybridized carbons (Fsp3) is 0.667. The molecular weight excluding hydrogens is 182 g/mol. The third kappa shape index (κ3) is 3.83. The molecule has 1 heterocycles. The highest BCUT2D eigenvalue weighted by atomic mass is 32.2. The monoisotopic (exact) mass is 199 g/mol. The molecule has 1 unspecified atom stereocenters. The number of rotatable bonds is 5. The Hall–Kier alpha value is -0.480. The molecule has 1 atom stereocenters. The molecule has 13 heavy (non-hydrogen) atoms. The van der Waals surface area contributed by atoms with E-state index in [-0.39, 0.29) is 0 Å². The van der Waals surface area contributed by atoms with Gasteiger partial charge >= 0.3 is 0 Å². The predicted octanol–water partition coefficient (Wildman–Crippen LogP) is 1.25. The summed E-state index contributed by atoms with van der Waals surface area (Å²) in [6.45, 7) is 2.95. The van der Waals surface area contributed by atoms with E-state index in [1.54, 1.807) is 0 Å². The van der Waals surface area contributed by atoms with Crippen LogP contribution in [0.2, 0.25) is 0 Å². The summed E-state index contributed by atoms with van der Waals surface area (Å²) < 4.78 is 1.84. The van der Waals surface area contributed by atoms with Crippen LogP contribution >= 0.6 is 11.8 Å². The normalized spacial score (nSPS) is 13.2. The van der Waals surface area contributed by atoms with Gasteiger partial charge in [0.15, 0.2) is 0 Å². The zero-order valence-corrected chi connectivity index (χ0v) is 9.05. The maximum absolute atomic E-state index is 5.52. The Labute approximate surface area is 83.7 Å². The fourth-order valence-corrected chi connectivity index (χ4v) is 1.99. The highest BCUT2D eigenvalue weighted by molar-refractivity contribution is 7.98. The van der Waals surface area contributed by atoms with Crippen molar-refractivity contribution in [2.24, 2.45) is 18.7 Å². The quantitative estimate of drug-likeness (QED) is 0.776. The van der Waals surface area contributed by atoms with Crippen LogP contribution in [0, 0.1) is 5.92 Å². The lowest BCUT2D eigenvalue weighted by atomic mass is 10.2. The third-order valence-electron chi connectivity index (χ3n) is 1.82. The molecular formula is C9H17N3S. The minimum atomic E-state index is 0.605. The average Bonchev–Trinajstić information content (AvgIpc) is 2.51. The Morgan fingerprint density at radius 1 is 1.69 bits per heavy atom. The van der Waals surface area contributed by atoms with E-state index in [4.69, 9.17) is 5.73 Å². The van der Waals surface area contributed by atoms with E-state index in [1.165, 1.54) is 0 Å². The van der Waals surface area contributed by atoms with Gasteiger partial charge in [-0.25, -0.2) is 0 Å². The van der Waals surface area contributed by atoms with E-state index in [0.717, 1.165) is 23.7 Å². The molecule has 74 valence electrons. The van der Waals surface area contributed by atoms with Crippen LogP contribution in [0.15, 0.2) is 12.3 Å². The molecule has 2 N–H and O–H groups in total. The first-order chi connectivity index (χ1) is 6.22. The minimum absolute atomic E-state index is 0.605. The molecule has 0 radical (unpaired) electrons. The highest BCUT2D eigenvalue weighted by Gasteiger charge is 2.01. The van der Waals surface area contributed by atoms with Crippen molar-refractivity contribution < 1.29 is 0 Å². The van der Waals surface area contributed by atoms with E-state index in [0.29, 0.717) is 5.92 Å². The van der Waals surface area contributed by atoms with Crippen molar-refractivity contribution in [1.29, 1.82) is 0 Å². The molecule has 0 bridgehead atoms. The molecule has 0 spiro atoms. The first-order valence-corrected chi connectivity index (χ1v) is 5.64. The Morgan fingerprint density at radius 2 is 2.46 bits per heavy atom. The maximum atomic E-state index is 5.52. The second-order valence-corrected chi connectivity index (χ2v) is 4.37. The summed E-state index contributed by atoms with van der Waals surface area (Å²) in [5.74, 6) is 2.71. The minimum Gasteiger partial charge on any atom is -0.330 e. The summed E-state index contributed by atoms with van der Waals surface area (Å²) >= 11 is 1.90. The van der Waals surface area contributed by atoms with Crippen molar-refractivity contribution in [3.05, 3.63) is 18.0 Å². The van der Waals surface area contributed by atoms with Crippen LogP contribution in [0.5, 0.6) is 0 Å². The molecule has 3 nitrogen and oxygen atoms in total. The molecule has 1 aromatic rings. The molecule has 1 rings (SSSR count). The van der Waals surface area contributed by atoms with E-state index in [9.17, 15) is 0 Å². The Morgan fingerprint density at radius 3 is 3.00 bits per heavy atom. The van der Waals surface area contributed by atoms with Crippen LogP contribution in [0.4, 0.5) is 0 Å². The molecule has 0 saturated heterocycles. The van der Waals surface area contributed by atoms with Gasteiger partial charge in [-0.2, -0.15) is 16.9 Å². The van der Waals surface area contributed by atoms with Crippen LogP contribution in [0.1, 0.15) is 12.6 Å². The second kappa shape index (κ2) is 5.29. The van der Waals surface area contributed by atoms with Crippen LogP contribution in [-0.2, 0) is 12.8 Å². The Kier molecular flexibility index (Phi) is 4.32. The van der Waals surface area contributed by atoms with Gasteiger partial charge in [0.2, 0.25) is 0 Å². The third-order valence-corrected chi connectivity index (χ3v) is 3.13. The summed E-state index contributed by atoms with van der Waals surface area (Å²) in [6.07, 6.45) is 1.97. The molecule has 1 aromatic heterocycles. The van der Waals surface area contributed by atoms with E-state index in [1.807, 2.05) is 29.7 Å². The van der Waals surface area contributed by atoms with Crippen molar-refractivity contribution in [1.82, 2.24) is 9.78 Å². The van der Waals surface area contributed by atoms with Crippen molar-refractivity contribution in [2.45, 2.75) is 12.7 Å². The van der Waals surface area contributed by atoms with Crippen molar-refractivity contribution in [3.63, 3.8) is 0 Å². The summed E-state index contributed by atoms with van der Waals surface area (Å²) in [7, 11) is 1.94. The molecule has 0 aliphatic heterocycles. The summed E-state index contributed by atoms with van der Waals surface area (Å²) in [5, 5.41) is 4.30. The fourth-order valence-electron chi connectivity index (χ4n) is 0.973. The zero-order chi connectivity index (χ0) is 9.68. The zero-order valence-electron chi connectivity index (χ0n) is 8.23. The van der Waals surface area contributed by atoms with Gasteiger partial charge in [0, 0.05) is 19.0 Å². The van der Waals surface area contributed by atoms with Crippen molar-refractivity contribution >= 4 is 11.8 Å². The molecule has 0 amide bonds. The van der Waals surface area contributed by atoms with Gasteiger partial charge in [0.1, 0.15) is 0 Å². The second-order valence-electron chi connectivity index (χ2n) is 3.34. The number of aryl methyl sites for hydroxylation is 1. The lowest BCUT2D eigenvalue weighted by molar-refractivity contribution is 0.675. The number of aromatic nitrogens is 2. The molecule has 0 saturated carbocycles. The topological polar surface area (TPSA) is 43.8 Å². The molecule has 0 aromatic carbocycles. The molecule has 0 fully saturated rings. The summed E-state index contributed by atoms with van der Waals surface area (Å²) in [5.41, 5.74) is 6.67. The Balaban J connectivity index is 2.20. The summed E-state index contributed by atoms with van der Waals surface area (Å²) in [4.78, 5) is 0. The van der Waals surface area contributed by atoms with Gasteiger partial charge in [0.05, 0.1) is 5.69 Å². The van der Waals surface area contributed by atoms with Crippen molar-refractivity contribution in [3.8, 4) is 0 Å². The van der Waals surface area contributed by atoms with Crippen LogP contribution in [-0.4, -0.2) is 22.1 Å². The standard InChI is InChI=1S/C9H17N3S/c1-8(5-10)6-13-7-9-3-4-12(2)11-9/h3-4,8H,5-7,10H2,1-2H3. The van der Waals surface area contributed by atoms with Crippen LogP contribution in [0.3, 0.4) is 0 Å². The number of hydrogen-bond acceptors (Lipinski definition) is 3. The average molecular weight is 199 g/mol. The molecule has 0 aliphatic rings. The molecule has 0 aliphatic carbocycles. The first-order valence-electron chi connectivity index (χ1n) is 4.48. The van der Waals surface area contributed by atoms with E-state index in [2.05, 4.69) is 18.1 Å². The lowest BCUT2D eigenvalue weighted by Gasteiger charge is -2.05. The number of thioether (sulfide) groups is 1. The van der Waals surface area contributed by atoms with Gasteiger partial charge in [-0.1, -0.05) is 6.92 Å². The SMILES string of the molecule is CC(CN)CSCc1ccn(C)n1. The smallest absolute Gasteiger partial charge is 0.0723 e. The van der Waals surface area contributed by atoms with Gasteiger partial charge in [-0.3, -0.25) is 4.68 Å². The van der Waals surface area contributed by atoms with Gasteiger partial charge in [-0.15, -0.1) is 0 Å². The summed E-state index contributed by atoms with van der Waals surface area (Å²) in [6, 6.07) is 2.06. The lowest BCUT2D eigenvalue weighted by Crippen LogP contribution is -2.12. The van der Waals surface area contributed by atoms with E-state index >= 15 is 0 Å². The highest BCUT2D eigenvalue weighted by Crippen LogP contribution is 2.13. The Bertz CT molecular complexity index is 247. The van der Waals surface area contributed by atoms with Gasteiger partial charge < -0.3 is 5.73 Å². The van der Waals surface area contributed by atoms with E-state index < -0.39 is 0 Å². The number of nitrogens with two attached hydrogens (primary N) is 1. The van der Waals surface area contributed by atoms with Crippen LogP contribution in [0.25, 0.3) is 0 Å².